The van der Waals surface area contributed by atoms with E-state index < -0.39 is 0 Å². The van der Waals surface area contributed by atoms with Gasteiger partial charge in [-0.3, -0.25) is 0 Å². The van der Waals surface area contributed by atoms with Gasteiger partial charge in [0, 0.05) is 0 Å². The lowest BCUT2D eigenvalue weighted by atomic mass is 9.90. The molecule has 1 unspecified atom stereocenters. The van der Waals surface area contributed by atoms with Gasteiger partial charge in [0.1, 0.15) is 0 Å². The third-order valence-corrected chi connectivity index (χ3v) is 3.48. The largest absolute Gasteiger partial charge is 0.303 e. The topological polar surface area (TPSA) is 3.24 Å². The molecule has 0 N–H and O–H groups in total. The Labute approximate surface area is 83.5 Å². The van der Waals surface area contributed by atoms with E-state index >= 15 is 0 Å². The van der Waals surface area contributed by atoms with Gasteiger partial charge >= 0.3 is 0 Å². The van der Waals surface area contributed by atoms with Crippen molar-refractivity contribution < 1.29 is 0 Å². The zero-order valence-corrected chi connectivity index (χ0v) is 9.55. The fourth-order valence-corrected chi connectivity index (χ4v) is 2.36. The van der Waals surface area contributed by atoms with Crippen LogP contribution >= 0.6 is 0 Å². The maximum absolute atomic E-state index is 2.63. The molecule has 0 bridgehead atoms. The normalized spacial score (nSPS) is 21.2. The lowest BCUT2D eigenvalue weighted by Crippen LogP contribution is -2.23. The molecule has 0 aromatic heterocycles. The Kier molecular flexibility index (Phi) is 4.79. The summed E-state index contributed by atoms with van der Waals surface area (Å²) in [4.78, 5) is 2.63. The molecule has 0 spiro atoms. The van der Waals surface area contributed by atoms with E-state index in [9.17, 15) is 0 Å². The maximum Gasteiger partial charge on any atom is -0.00160 e. The van der Waals surface area contributed by atoms with Gasteiger partial charge in [-0.2, -0.15) is 0 Å². The average Bonchev–Trinajstić information content (AvgIpc) is 2.57. The summed E-state index contributed by atoms with van der Waals surface area (Å²) in [5, 5.41) is 0. The Balaban J connectivity index is 2.15. The summed E-state index contributed by atoms with van der Waals surface area (Å²) in [6.07, 6.45) is 5.62. The first-order valence-corrected chi connectivity index (χ1v) is 5.96. The lowest BCUT2D eigenvalue weighted by Gasteiger charge is -2.22. The Morgan fingerprint density at radius 3 is 2.23 bits per heavy atom. The Bertz CT molecular complexity index is 125. The van der Waals surface area contributed by atoms with Crippen LogP contribution in [0.15, 0.2) is 0 Å². The summed E-state index contributed by atoms with van der Waals surface area (Å²) in [5.74, 6) is 1.81. The predicted octanol–water partition coefficient (Wildman–Crippen LogP) is 3.15. The molecular weight excluding hydrogens is 158 g/mol. The van der Waals surface area contributed by atoms with Gasteiger partial charge in [0.15, 0.2) is 0 Å². The highest BCUT2D eigenvalue weighted by Crippen LogP contribution is 2.20. The van der Waals surface area contributed by atoms with Crippen LogP contribution in [0.25, 0.3) is 0 Å². The van der Waals surface area contributed by atoms with Crippen molar-refractivity contribution in [2.75, 3.05) is 19.6 Å². The molecule has 1 aliphatic heterocycles. The summed E-state index contributed by atoms with van der Waals surface area (Å²) in [7, 11) is 0. The third-order valence-electron chi connectivity index (χ3n) is 3.48. The molecule has 0 saturated carbocycles. The van der Waals surface area contributed by atoms with Crippen molar-refractivity contribution in [1.29, 1.82) is 0 Å². The molecule has 0 aromatic carbocycles. The smallest absolute Gasteiger partial charge is 0.00160 e. The Morgan fingerprint density at radius 2 is 1.77 bits per heavy atom. The van der Waals surface area contributed by atoms with Gasteiger partial charge in [-0.1, -0.05) is 27.2 Å². The summed E-state index contributed by atoms with van der Waals surface area (Å²) >= 11 is 0. The minimum Gasteiger partial charge on any atom is -0.303 e. The highest BCUT2D eigenvalue weighted by molar-refractivity contribution is 4.69. The highest BCUT2D eigenvalue weighted by Gasteiger charge is 2.15. The highest BCUT2D eigenvalue weighted by atomic mass is 15.1. The monoisotopic (exact) mass is 183 g/mol. The van der Waals surface area contributed by atoms with Gasteiger partial charge in [0.25, 0.3) is 0 Å². The van der Waals surface area contributed by atoms with E-state index in [-0.39, 0.29) is 0 Å². The molecule has 0 radical (unpaired) electrons. The van der Waals surface area contributed by atoms with Crippen LogP contribution in [0.5, 0.6) is 0 Å². The van der Waals surface area contributed by atoms with E-state index in [0.717, 1.165) is 11.8 Å². The molecule has 1 heterocycles. The molecule has 13 heavy (non-hydrogen) atoms. The van der Waals surface area contributed by atoms with E-state index in [2.05, 4.69) is 25.7 Å². The second-order valence-corrected chi connectivity index (χ2v) is 4.75. The van der Waals surface area contributed by atoms with Crippen LogP contribution in [-0.2, 0) is 0 Å². The number of likely N-dealkylation sites (tertiary alicyclic amines) is 1. The van der Waals surface area contributed by atoms with Crippen molar-refractivity contribution in [3.8, 4) is 0 Å². The van der Waals surface area contributed by atoms with Crippen LogP contribution in [0.1, 0.15) is 46.5 Å². The van der Waals surface area contributed by atoms with Crippen molar-refractivity contribution in [3.05, 3.63) is 0 Å². The van der Waals surface area contributed by atoms with Gasteiger partial charge in [-0.05, 0) is 50.7 Å². The average molecular weight is 183 g/mol. The molecule has 0 aliphatic carbocycles. The Hall–Kier alpha value is -0.0400. The molecule has 0 aromatic rings. The maximum atomic E-state index is 2.63. The van der Waals surface area contributed by atoms with Crippen molar-refractivity contribution in [3.63, 3.8) is 0 Å². The van der Waals surface area contributed by atoms with Gasteiger partial charge in [0.05, 0.1) is 0 Å². The predicted molar refractivity (Wildman–Crippen MR) is 58.9 cm³/mol. The Morgan fingerprint density at radius 1 is 1.15 bits per heavy atom. The van der Waals surface area contributed by atoms with Crippen LogP contribution in [0.2, 0.25) is 0 Å². The number of rotatable bonds is 5. The van der Waals surface area contributed by atoms with E-state index in [1.807, 2.05) is 0 Å². The molecule has 1 heteroatoms. The van der Waals surface area contributed by atoms with Crippen molar-refractivity contribution >= 4 is 0 Å². The minimum atomic E-state index is 0.868. The van der Waals surface area contributed by atoms with E-state index in [0.29, 0.717) is 0 Å². The van der Waals surface area contributed by atoms with Crippen molar-refractivity contribution in [2.24, 2.45) is 11.8 Å². The first-order valence-electron chi connectivity index (χ1n) is 5.96. The molecule has 78 valence electrons. The summed E-state index contributed by atoms with van der Waals surface area (Å²) < 4.78 is 0. The fraction of sp³-hybridized carbons (Fsp3) is 1.00. The van der Waals surface area contributed by atoms with Crippen LogP contribution in [-0.4, -0.2) is 24.5 Å². The molecule has 1 aliphatic rings. The summed E-state index contributed by atoms with van der Waals surface area (Å²) in [6, 6.07) is 0. The number of hydrogen-bond acceptors (Lipinski definition) is 1. The SMILES string of the molecule is CCC(CCN1CCCC1)C(C)C. The standard InChI is InChI=1S/C12H25N/c1-4-12(11(2)3)7-10-13-8-5-6-9-13/h11-12H,4-10H2,1-3H3. The lowest BCUT2D eigenvalue weighted by molar-refractivity contribution is 0.265. The second-order valence-electron chi connectivity index (χ2n) is 4.75. The summed E-state index contributed by atoms with van der Waals surface area (Å²) in [6.45, 7) is 11.1. The zero-order chi connectivity index (χ0) is 9.68. The molecular formula is C12H25N. The van der Waals surface area contributed by atoms with Crippen LogP contribution in [0, 0.1) is 11.8 Å². The third kappa shape index (κ3) is 3.68. The van der Waals surface area contributed by atoms with Crippen molar-refractivity contribution in [1.82, 2.24) is 4.90 Å². The molecule has 1 saturated heterocycles. The van der Waals surface area contributed by atoms with Crippen molar-refractivity contribution in [2.45, 2.75) is 46.5 Å². The number of hydrogen-bond donors (Lipinski definition) is 0. The molecule has 1 atom stereocenters. The molecule has 1 rings (SSSR count). The first-order chi connectivity index (χ1) is 6.24. The summed E-state index contributed by atoms with van der Waals surface area (Å²) in [5.41, 5.74) is 0. The minimum absolute atomic E-state index is 0.868. The number of nitrogens with zero attached hydrogens (tertiary/aromatic N) is 1. The first kappa shape index (κ1) is 11.0. The van der Waals surface area contributed by atoms with E-state index in [4.69, 9.17) is 0 Å². The van der Waals surface area contributed by atoms with E-state index in [1.54, 1.807) is 0 Å². The van der Waals surface area contributed by atoms with Gasteiger partial charge in [-0.25, -0.2) is 0 Å². The van der Waals surface area contributed by atoms with Crippen LogP contribution in [0.4, 0.5) is 0 Å². The molecule has 1 nitrogen and oxygen atoms in total. The van der Waals surface area contributed by atoms with Crippen LogP contribution in [0.3, 0.4) is 0 Å². The zero-order valence-electron chi connectivity index (χ0n) is 9.55. The van der Waals surface area contributed by atoms with Gasteiger partial charge in [-0.15, -0.1) is 0 Å². The fourth-order valence-electron chi connectivity index (χ4n) is 2.36. The quantitative estimate of drug-likeness (QED) is 0.633. The second kappa shape index (κ2) is 5.64. The van der Waals surface area contributed by atoms with Gasteiger partial charge < -0.3 is 4.90 Å². The van der Waals surface area contributed by atoms with E-state index in [1.165, 1.54) is 45.3 Å². The molecule has 1 fully saturated rings. The van der Waals surface area contributed by atoms with Crippen LogP contribution < -0.4 is 0 Å². The molecule has 0 amide bonds. The van der Waals surface area contributed by atoms with Gasteiger partial charge in [0.2, 0.25) is 0 Å².